The number of hydrogen-bond donors (Lipinski definition) is 1. The molecular weight excluding hydrogens is 206 g/mol. The van der Waals surface area contributed by atoms with E-state index in [4.69, 9.17) is 5.73 Å². The van der Waals surface area contributed by atoms with Gasteiger partial charge in [-0.2, -0.15) is 0 Å². The maximum atomic E-state index is 5.96. The van der Waals surface area contributed by atoms with Crippen molar-refractivity contribution in [3.63, 3.8) is 0 Å². The fourth-order valence-corrected chi connectivity index (χ4v) is 3.83. The lowest BCUT2D eigenvalue weighted by atomic mass is 9.74. The van der Waals surface area contributed by atoms with Gasteiger partial charge >= 0.3 is 0 Å². The first kappa shape index (κ1) is 13.4. The molecule has 2 aliphatic carbocycles. The summed E-state index contributed by atoms with van der Waals surface area (Å²) in [6.45, 7) is 6.95. The van der Waals surface area contributed by atoms with E-state index in [0.29, 0.717) is 12.0 Å². The van der Waals surface area contributed by atoms with Crippen molar-refractivity contribution in [2.75, 3.05) is 0 Å². The molecule has 0 saturated heterocycles. The van der Waals surface area contributed by atoms with E-state index in [9.17, 15) is 0 Å². The van der Waals surface area contributed by atoms with Crippen LogP contribution < -0.4 is 5.73 Å². The second kappa shape index (κ2) is 5.73. The Labute approximate surface area is 108 Å². The standard InChI is InChI=1S/C16H31N/c1-11(13(3)17)7-8-15-10-16(9-12(15)2)14-5-4-6-14/h11-16H,4-10,17H2,1-3H3. The predicted octanol–water partition coefficient (Wildman–Crippen LogP) is 4.21. The van der Waals surface area contributed by atoms with Crippen LogP contribution in [0.2, 0.25) is 0 Å². The van der Waals surface area contributed by atoms with Crippen molar-refractivity contribution in [3.05, 3.63) is 0 Å². The monoisotopic (exact) mass is 237 g/mol. The average Bonchev–Trinajstić information content (AvgIpc) is 2.53. The molecule has 0 aromatic carbocycles. The molecule has 0 bridgehead atoms. The lowest BCUT2D eigenvalue weighted by Gasteiger charge is -2.31. The van der Waals surface area contributed by atoms with Gasteiger partial charge in [0.2, 0.25) is 0 Å². The minimum atomic E-state index is 0.370. The maximum Gasteiger partial charge on any atom is 0.00361 e. The fourth-order valence-electron chi connectivity index (χ4n) is 3.83. The molecule has 5 atom stereocenters. The molecule has 0 amide bonds. The van der Waals surface area contributed by atoms with Crippen LogP contribution >= 0.6 is 0 Å². The quantitative estimate of drug-likeness (QED) is 0.761. The molecule has 0 aromatic rings. The van der Waals surface area contributed by atoms with Crippen LogP contribution in [0, 0.1) is 29.6 Å². The van der Waals surface area contributed by atoms with Gasteiger partial charge in [-0.3, -0.25) is 0 Å². The van der Waals surface area contributed by atoms with E-state index in [2.05, 4.69) is 20.8 Å². The van der Waals surface area contributed by atoms with Crippen molar-refractivity contribution in [2.24, 2.45) is 35.3 Å². The average molecular weight is 237 g/mol. The molecule has 100 valence electrons. The van der Waals surface area contributed by atoms with Crippen LogP contribution in [0.4, 0.5) is 0 Å². The van der Waals surface area contributed by atoms with E-state index in [0.717, 1.165) is 23.7 Å². The van der Waals surface area contributed by atoms with Crippen molar-refractivity contribution in [1.82, 2.24) is 0 Å². The topological polar surface area (TPSA) is 26.0 Å². The zero-order valence-electron chi connectivity index (χ0n) is 12.0. The highest BCUT2D eigenvalue weighted by molar-refractivity contribution is 4.88. The minimum Gasteiger partial charge on any atom is -0.328 e. The van der Waals surface area contributed by atoms with Crippen LogP contribution in [-0.4, -0.2) is 6.04 Å². The van der Waals surface area contributed by atoms with Crippen LogP contribution in [0.1, 0.15) is 65.7 Å². The Morgan fingerprint density at radius 2 is 1.82 bits per heavy atom. The molecule has 2 fully saturated rings. The Hall–Kier alpha value is -0.0400. The number of rotatable bonds is 5. The molecule has 0 aliphatic heterocycles. The van der Waals surface area contributed by atoms with Crippen LogP contribution in [0.15, 0.2) is 0 Å². The first-order valence-corrected chi connectivity index (χ1v) is 7.83. The van der Waals surface area contributed by atoms with Crippen LogP contribution in [0.5, 0.6) is 0 Å². The summed E-state index contributed by atoms with van der Waals surface area (Å²) in [6, 6.07) is 0.370. The Morgan fingerprint density at radius 1 is 1.12 bits per heavy atom. The van der Waals surface area contributed by atoms with Gasteiger partial charge in [0, 0.05) is 6.04 Å². The van der Waals surface area contributed by atoms with Gasteiger partial charge in [0.25, 0.3) is 0 Å². The summed E-state index contributed by atoms with van der Waals surface area (Å²) < 4.78 is 0. The summed E-state index contributed by atoms with van der Waals surface area (Å²) in [5.74, 6) is 4.86. The summed E-state index contributed by atoms with van der Waals surface area (Å²) in [5, 5.41) is 0. The first-order chi connectivity index (χ1) is 8.08. The van der Waals surface area contributed by atoms with Crippen molar-refractivity contribution in [2.45, 2.75) is 71.8 Å². The smallest absolute Gasteiger partial charge is 0.00361 e. The van der Waals surface area contributed by atoms with Crippen LogP contribution in [-0.2, 0) is 0 Å². The second-order valence-corrected chi connectivity index (χ2v) is 7.07. The van der Waals surface area contributed by atoms with E-state index in [1.54, 1.807) is 0 Å². The van der Waals surface area contributed by atoms with Gasteiger partial charge in [-0.25, -0.2) is 0 Å². The lowest BCUT2D eigenvalue weighted by molar-refractivity contribution is 0.202. The highest BCUT2D eigenvalue weighted by Gasteiger charge is 2.37. The predicted molar refractivity (Wildman–Crippen MR) is 74.8 cm³/mol. The van der Waals surface area contributed by atoms with Gasteiger partial charge in [0.1, 0.15) is 0 Å². The highest BCUT2D eigenvalue weighted by atomic mass is 14.6. The van der Waals surface area contributed by atoms with Gasteiger partial charge in [0.05, 0.1) is 0 Å². The molecule has 1 nitrogen and oxygen atoms in total. The normalized spacial score (nSPS) is 37.8. The van der Waals surface area contributed by atoms with Crippen LogP contribution in [0.3, 0.4) is 0 Å². The maximum absolute atomic E-state index is 5.96. The lowest BCUT2D eigenvalue weighted by Crippen LogP contribution is -2.24. The second-order valence-electron chi connectivity index (χ2n) is 7.07. The molecule has 0 spiro atoms. The Bertz CT molecular complexity index is 232. The van der Waals surface area contributed by atoms with Crippen molar-refractivity contribution in [3.8, 4) is 0 Å². The zero-order valence-corrected chi connectivity index (χ0v) is 12.0. The molecular formula is C16H31N. The third-order valence-electron chi connectivity index (χ3n) is 5.79. The summed E-state index contributed by atoms with van der Waals surface area (Å²) in [5.41, 5.74) is 5.96. The molecule has 2 rings (SSSR count). The molecule has 2 N–H and O–H groups in total. The van der Waals surface area contributed by atoms with Crippen LogP contribution in [0.25, 0.3) is 0 Å². The van der Waals surface area contributed by atoms with Crippen molar-refractivity contribution >= 4 is 0 Å². The molecule has 2 aliphatic rings. The summed E-state index contributed by atoms with van der Waals surface area (Å²) in [6.07, 6.45) is 10.4. The molecule has 0 heterocycles. The number of nitrogens with two attached hydrogens (primary N) is 1. The van der Waals surface area contributed by atoms with Gasteiger partial charge in [-0.1, -0.05) is 33.1 Å². The van der Waals surface area contributed by atoms with Gasteiger partial charge in [0.15, 0.2) is 0 Å². The first-order valence-electron chi connectivity index (χ1n) is 7.83. The van der Waals surface area contributed by atoms with E-state index >= 15 is 0 Å². The molecule has 1 heteroatoms. The Morgan fingerprint density at radius 3 is 2.35 bits per heavy atom. The van der Waals surface area contributed by atoms with E-state index in [-0.39, 0.29) is 0 Å². The molecule has 0 aromatic heterocycles. The Kier molecular flexibility index (Phi) is 4.52. The minimum absolute atomic E-state index is 0.370. The third kappa shape index (κ3) is 3.24. The Balaban J connectivity index is 1.73. The fraction of sp³-hybridized carbons (Fsp3) is 1.00. The molecule has 5 unspecified atom stereocenters. The van der Waals surface area contributed by atoms with Gasteiger partial charge in [-0.05, 0) is 62.2 Å². The van der Waals surface area contributed by atoms with Crippen molar-refractivity contribution in [1.29, 1.82) is 0 Å². The van der Waals surface area contributed by atoms with Crippen molar-refractivity contribution < 1.29 is 0 Å². The molecule has 0 radical (unpaired) electrons. The molecule has 2 saturated carbocycles. The SMILES string of the molecule is CC(N)C(C)CCC1CC(C2CCC2)CC1C. The van der Waals surface area contributed by atoms with Gasteiger partial charge in [-0.15, -0.1) is 0 Å². The summed E-state index contributed by atoms with van der Waals surface area (Å²) in [4.78, 5) is 0. The highest BCUT2D eigenvalue weighted by Crippen LogP contribution is 2.48. The van der Waals surface area contributed by atoms with E-state index in [1.165, 1.54) is 44.9 Å². The third-order valence-corrected chi connectivity index (χ3v) is 5.79. The summed E-state index contributed by atoms with van der Waals surface area (Å²) in [7, 11) is 0. The van der Waals surface area contributed by atoms with E-state index in [1.807, 2.05) is 0 Å². The largest absolute Gasteiger partial charge is 0.328 e. The zero-order chi connectivity index (χ0) is 12.4. The van der Waals surface area contributed by atoms with E-state index < -0.39 is 0 Å². The number of hydrogen-bond acceptors (Lipinski definition) is 1. The summed E-state index contributed by atoms with van der Waals surface area (Å²) >= 11 is 0. The molecule has 17 heavy (non-hydrogen) atoms. The van der Waals surface area contributed by atoms with Gasteiger partial charge < -0.3 is 5.73 Å².